The summed E-state index contributed by atoms with van der Waals surface area (Å²) in [5.74, 6) is 0. The molecule has 1 heterocycles. The molecule has 2 rings (SSSR count). The van der Waals surface area contributed by atoms with Crippen LogP contribution in [0.3, 0.4) is 0 Å². The van der Waals surface area contributed by atoms with E-state index in [2.05, 4.69) is 30.1 Å². The number of hydrogen-bond acceptors (Lipinski definition) is 2. The van der Waals surface area contributed by atoms with Gasteiger partial charge in [-0.05, 0) is 29.5 Å². The third-order valence-electron chi connectivity index (χ3n) is 2.41. The fraction of sp³-hybridized carbons (Fsp3) is 0.250. The number of aliphatic hydroxyl groups is 1. The van der Waals surface area contributed by atoms with Gasteiger partial charge in [0.1, 0.15) is 0 Å². The van der Waals surface area contributed by atoms with Crippen LogP contribution in [0.15, 0.2) is 30.5 Å². The molecule has 1 aromatic carbocycles. The highest BCUT2D eigenvalue weighted by Crippen LogP contribution is 2.16. The third-order valence-corrected chi connectivity index (χ3v) is 2.41. The SMILES string of the molecule is CCc1ccc2cc(CO)ncc2c1. The summed E-state index contributed by atoms with van der Waals surface area (Å²) in [6.45, 7) is 2.14. The van der Waals surface area contributed by atoms with E-state index in [0.29, 0.717) is 0 Å². The van der Waals surface area contributed by atoms with Crippen LogP contribution in [0, 0.1) is 0 Å². The van der Waals surface area contributed by atoms with Crippen LogP contribution in [-0.4, -0.2) is 10.1 Å². The number of aryl methyl sites for hydroxylation is 1. The molecule has 2 nitrogen and oxygen atoms in total. The highest BCUT2D eigenvalue weighted by atomic mass is 16.3. The van der Waals surface area contributed by atoms with E-state index in [4.69, 9.17) is 5.11 Å². The second-order valence-corrected chi connectivity index (χ2v) is 3.37. The molecule has 0 spiro atoms. The largest absolute Gasteiger partial charge is 0.390 e. The van der Waals surface area contributed by atoms with E-state index in [1.54, 1.807) is 0 Å². The van der Waals surface area contributed by atoms with Crippen LogP contribution in [-0.2, 0) is 13.0 Å². The Morgan fingerprint density at radius 1 is 1.21 bits per heavy atom. The monoisotopic (exact) mass is 187 g/mol. The first-order valence-electron chi connectivity index (χ1n) is 4.82. The number of benzene rings is 1. The van der Waals surface area contributed by atoms with Crippen LogP contribution >= 0.6 is 0 Å². The lowest BCUT2D eigenvalue weighted by atomic mass is 10.1. The fourth-order valence-electron chi connectivity index (χ4n) is 1.54. The van der Waals surface area contributed by atoms with E-state index < -0.39 is 0 Å². The van der Waals surface area contributed by atoms with Gasteiger partial charge >= 0.3 is 0 Å². The molecule has 0 amide bonds. The predicted octanol–water partition coefficient (Wildman–Crippen LogP) is 2.29. The zero-order chi connectivity index (χ0) is 9.97. The molecular weight excluding hydrogens is 174 g/mol. The topological polar surface area (TPSA) is 33.1 Å². The van der Waals surface area contributed by atoms with Crippen LogP contribution in [0.25, 0.3) is 10.8 Å². The molecule has 0 atom stereocenters. The van der Waals surface area contributed by atoms with E-state index in [9.17, 15) is 0 Å². The maximum Gasteiger partial charge on any atom is 0.0853 e. The van der Waals surface area contributed by atoms with Crippen molar-refractivity contribution in [1.29, 1.82) is 0 Å². The lowest BCUT2D eigenvalue weighted by molar-refractivity contribution is 0.277. The minimum atomic E-state index is 0.00543. The number of fused-ring (bicyclic) bond motifs is 1. The van der Waals surface area contributed by atoms with Crippen LogP contribution < -0.4 is 0 Å². The molecule has 0 saturated carbocycles. The number of rotatable bonds is 2. The summed E-state index contributed by atoms with van der Waals surface area (Å²) in [6.07, 6.45) is 2.86. The molecule has 14 heavy (non-hydrogen) atoms. The smallest absolute Gasteiger partial charge is 0.0853 e. The van der Waals surface area contributed by atoms with Crippen molar-refractivity contribution in [3.8, 4) is 0 Å². The minimum absolute atomic E-state index is 0.00543. The number of hydrogen-bond donors (Lipinski definition) is 1. The molecule has 2 heteroatoms. The molecule has 0 radical (unpaired) electrons. The van der Waals surface area contributed by atoms with Gasteiger partial charge in [0.15, 0.2) is 0 Å². The third kappa shape index (κ3) is 1.61. The van der Waals surface area contributed by atoms with Gasteiger partial charge in [0.2, 0.25) is 0 Å². The van der Waals surface area contributed by atoms with E-state index in [1.807, 2.05) is 12.3 Å². The van der Waals surface area contributed by atoms with Crippen molar-refractivity contribution in [2.24, 2.45) is 0 Å². The average Bonchev–Trinajstić information content (AvgIpc) is 2.27. The summed E-state index contributed by atoms with van der Waals surface area (Å²) in [7, 11) is 0. The molecule has 0 fully saturated rings. The summed E-state index contributed by atoms with van der Waals surface area (Å²) in [5.41, 5.74) is 2.04. The molecule has 1 aromatic heterocycles. The van der Waals surface area contributed by atoms with E-state index >= 15 is 0 Å². The molecule has 0 bridgehead atoms. The van der Waals surface area contributed by atoms with E-state index in [1.165, 1.54) is 5.56 Å². The molecule has 0 saturated heterocycles. The van der Waals surface area contributed by atoms with Crippen LogP contribution in [0.2, 0.25) is 0 Å². The number of aromatic nitrogens is 1. The van der Waals surface area contributed by atoms with Crippen molar-refractivity contribution < 1.29 is 5.11 Å². The van der Waals surface area contributed by atoms with Crippen molar-refractivity contribution >= 4 is 10.8 Å². The van der Waals surface area contributed by atoms with Gasteiger partial charge in [-0.15, -0.1) is 0 Å². The maximum atomic E-state index is 8.94. The molecule has 1 N–H and O–H groups in total. The lowest BCUT2D eigenvalue weighted by Gasteiger charge is -2.02. The average molecular weight is 187 g/mol. The number of pyridine rings is 1. The van der Waals surface area contributed by atoms with Crippen LogP contribution in [0.1, 0.15) is 18.2 Å². The van der Waals surface area contributed by atoms with Crippen molar-refractivity contribution in [3.05, 3.63) is 41.7 Å². The summed E-state index contributed by atoms with van der Waals surface area (Å²) in [4.78, 5) is 4.15. The molecular formula is C12H13NO. The Balaban J connectivity index is 2.57. The zero-order valence-electron chi connectivity index (χ0n) is 8.20. The normalized spacial score (nSPS) is 10.7. The number of aliphatic hydroxyl groups excluding tert-OH is 1. The van der Waals surface area contributed by atoms with Gasteiger partial charge in [0, 0.05) is 11.6 Å². The Morgan fingerprint density at radius 3 is 2.79 bits per heavy atom. The van der Waals surface area contributed by atoms with Gasteiger partial charge in [0.05, 0.1) is 12.3 Å². The van der Waals surface area contributed by atoms with E-state index in [-0.39, 0.29) is 6.61 Å². The second-order valence-electron chi connectivity index (χ2n) is 3.37. The standard InChI is InChI=1S/C12H13NO/c1-2-9-3-4-10-6-12(8-14)13-7-11(10)5-9/h3-7,14H,2,8H2,1H3. The van der Waals surface area contributed by atoms with Crippen molar-refractivity contribution in [2.45, 2.75) is 20.0 Å². The molecule has 0 aliphatic carbocycles. The summed E-state index contributed by atoms with van der Waals surface area (Å²) < 4.78 is 0. The first kappa shape index (κ1) is 9.16. The van der Waals surface area contributed by atoms with Crippen LogP contribution in [0.5, 0.6) is 0 Å². The van der Waals surface area contributed by atoms with Gasteiger partial charge < -0.3 is 5.11 Å². The Kier molecular flexibility index (Phi) is 2.46. The van der Waals surface area contributed by atoms with Crippen molar-refractivity contribution in [3.63, 3.8) is 0 Å². The predicted molar refractivity (Wildman–Crippen MR) is 57.0 cm³/mol. The molecule has 0 aliphatic rings. The molecule has 72 valence electrons. The minimum Gasteiger partial charge on any atom is -0.390 e. The van der Waals surface area contributed by atoms with Gasteiger partial charge in [0.25, 0.3) is 0 Å². The summed E-state index contributed by atoms with van der Waals surface area (Å²) >= 11 is 0. The molecule has 0 unspecified atom stereocenters. The molecule has 0 aliphatic heterocycles. The van der Waals surface area contributed by atoms with E-state index in [0.717, 1.165) is 22.9 Å². The zero-order valence-corrected chi connectivity index (χ0v) is 8.20. The summed E-state index contributed by atoms with van der Waals surface area (Å²) in [5, 5.41) is 11.2. The summed E-state index contributed by atoms with van der Waals surface area (Å²) in [6, 6.07) is 8.26. The maximum absolute atomic E-state index is 8.94. The first-order chi connectivity index (χ1) is 6.83. The van der Waals surface area contributed by atoms with Gasteiger partial charge in [-0.25, -0.2) is 0 Å². The second kappa shape index (κ2) is 3.76. The highest BCUT2D eigenvalue weighted by molar-refractivity contribution is 5.82. The van der Waals surface area contributed by atoms with Gasteiger partial charge in [-0.1, -0.05) is 19.1 Å². The Hall–Kier alpha value is -1.41. The van der Waals surface area contributed by atoms with Crippen molar-refractivity contribution in [1.82, 2.24) is 4.98 Å². The Labute approximate surface area is 83.2 Å². The molecule has 2 aromatic rings. The van der Waals surface area contributed by atoms with Gasteiger partial charge in [-0.3, -0.25) is 4.98 Å². The van der Waals surface area contributed by atoms with Crippen molar-refractivity contribution in [2.75, 3.05) is 0 Å². The van der Waals surface area contributed by atoms with Gasteiger partial charge in [-0.2, -0.15) is 0 Å². The first-order valence-corrected chi connectivity index (χ1v) is 4.82. The number of nitrogens with zero attached hydrogens (tertiary/aromatic N) is 1. The Morgan fingerprint density at radius 2 is 2.07 bits per heavy atom. The quantitative estimate of drug-likeness (QED) is 0.782. The Bertz CT molecular complexity index is 408. The lowest BCUT2D eigenvalue weighted by Crippen LogP contribution is -1.89. The fourth-order valence-corrected chi connectivity index (χ4v) is 1.54. The van der Waals surface area contributed by atoms with Crippen LogP contribution in [0.4, 0.5) is 0 Å². The highest BCUT2D eigenvalue weighted by Gasteiger charge is 1.97.